The number of ether oxygens (including phenoxy) is 1. The first-order chi connectivity index (χ1) is 19.4. The summed E-state index contributed by atoms with van der Waals surface area (Å²) in [6.07, 6.45) is 3.95. The number of imide groups is 1. The van der Waals surface area contributed by atoms with E-state index in [1.807, 2.05) is 25.7 Å². The largest absolute Gasteiger partial charge is 0.444 e. The summed E-state index contributed by atoms with van der Waals surface area (Å²) < 4.78 is 23.8. The van der Waals surface area contributed by atoms with Crippen LogP contribution in [0, 0.1) is 11.7 Å². The van der Waals surface area contributed by atoms with Crippen LogP contribution in [0.15, 0.2) is 16.9 Å². The van der Waals surface area contributed by atoms with E-state index in [2.05, 4.69) is 15.5 Å². The normalized spacial score (nSPS) is 24.4. The lowest BCUT2D eigenvalue weighted by atomic mass is 9.85. The van der Waals surface area contributed by atoms with Crippen LogP contribution >= 0.6 is 0 Å². The fourth-order valence-electron chi connectivity index (χ4n) is 6.39. The van der Waals surface area contributed by atoms with Crippen molar-refractivity contribution in [2.45, 2.75) is 77.0 Å². The molecule has 2 aromatic rings. The molecule has 3 aliphatic rings. The Bertz CT molecular complexity index is 1380. The van der Waals surface area contributed by atoms with Gasteiger partial charge in [-0.1, -0.05) is 0 Å². The first kappa shape index (κ1) is 29.1. The molecular formula is C29H41FN6O5. The summed E-state index contributed by atoms with van der Waals surface area (Å²) in [5.74, 6) is -0.815. The van der Waals surface area contributed by atoms with Crippen molar-refractivity contribution >= 4 is 34.6 Å². The minimum absolute atomic E-state index is 0.133. The number of carbonyl (C=O) groups excluding carboxylic acids is 3. The van der Waals surface area contributed by atoms with Gasteiger partial charge in [-0.15, -0.1) is 0 Å². The molecule has 1 atom stereocenters. The predicted molar refractivity (Wildman–Crippen MR) is 152 cm³/mol. The third kappa shape index (κ3) is 6.27. The van der Waals surface area contributed by atoms with Crippen molar-refractivity contribution in [2.24, 2.45) is 13.0 Å². The monoisotopic (exact) mass is 572 g/mol. The molecule has 2 saturated heterocycles. The maximum Gasteiger partial charge on any atom is 0.407 e. The molecule has 1 saturated carbocycles. The minimum atomic E-state index is -0.846. The molecule has 11 nitrogen and oxygen atoms in total. The van der Waals surface area contributed by atoms with E-state index in [1.54, 1.807) is 12.1 Å². The second-order valence-corrected chi connectivity index (χ2v) is 12.6. The lowest BCUT2D eigenvalue weighted by Gasteiger charge is -2.39. The number of hydrogen-bond donors (Lipinski definition) is 2. The summed E-state index contributed by atoms with van der Waals surface area (Å²) >= 11 is 0. The van der Waals surface area contributed by atoms with Gasteiger partial charge in [-0.25, -0.2) is 14.0 Å². The Kier molecular flexibility index (Phi) is 8.13. The van der Waals surface area contributed by atoms with Crippen molar-refractivity contribution in [3.8, 4) is 0 Å². The molecule has 3 heterocycles. The molecule has 41 heavy (non-hydrogen) atoms. The predicted octanol–water partition coefficient (Wildman–Crippen LogP) is 2.66. The number of nitrogens with one attached hydrogen (secondary N) is 2. The molecule has 1 aromatic heterocycles. The minimum Gasteiger partial charge on any atom is -0.444 e. The van der Waals surface area contributed by atoms with Gasteiger partial charge in [0.25, 0.3) is 0 Å². The SMILES string of the molecule is Cn1c(=O)n(C2CCC(=O)NC2=O)c2ccc(N3CCN(CC4CCC(NC(=O)OC(C)(C)C)CC4)CC3)c(F)c21. The van der Waals surface area contributed by atoms with Crippen LogP contribution < -0.4 is 21.2 Å². The second kappa shape index (κ2) is 11.5. The number of amides is 3. The van der Waals surface area contributed by atoms with Gasteiger partial charge < -0.3 is 15.0 Å². The Morgan fingerprint density at radius 3 is 2.37 bits per heavy atom. The number of halogens is 1. The van der Waals surface area contributed by atoms with E-state index < -0.39 is 29.1 Å². The maximum absolute atomic E-state index is 15.9. The standard InChI is InChI=1S/C29H41FN6O5/c1-29(2,3)41-27(39)31-19-7-5-18(6-8-19)17-34-13-15-35(16-14-34)20-9-10-21-25(24(20)30)33(4)28(40)36(21)22-11-12-23(37)32-26(22)38/h9-10,18-19,22H,5-8,11-17H2,1-4H3,(H,31,39)(H,32,37,38). The number of fused-ring (bicyclic) bond motifs is 1. The van der Waals surface area contributed by atoms with Crippen LogP contribution in [0.3, 0.4) is 0 Å². The number of rotatable bonds is 5. The Hall–Kier alpha value is -3.41. The smallest absolute Gasteiger partial charge is 0.407 e. The summed E-state index contributed by atoms with van der Waals surface area (Å²) in [7, 11) is 1.51. The average Bonchev–Trinajstić information content (AvgIpc) is 3.15. The van der Waals surface area contributed by atoms with E-state index in [-0.39, 0.29) is 36.4 Å². The number of aryl methyl sites for hydroxylation is 1. The van der Waals surface area contributed by atoms with Gasteiger partial charge in [0.05, 0.1) is 11.2 Å². The number of nitrogens with zero attached hydrogens (tertiary/aromatic N) is 4. The molecule has 12 heteroatoms. The van der Waals surface area contributed by atoms with E-state index >= 15 is 4.39 Å². The summed E-state index contributed by atoms with van der Waals surface area (Å²) in [5, 5.41) is 5.28. The highest BCUT2D eigenvalue weighted by Crippen LogP contribution is 2.31. The summed E-state index contributed by atoms with van der Waals surface area (Å²) in [4.78, 5) is 53.6. The highest BCUT2D eigenvalue weighted by atomic mass is 19.1. The highest BCUT2D eigenvalue weighted by molar-refractivity contribution is 6.00. The number of anilines is 1. The zero-order valence-corrected chi connectivity index (χ0v) is 24.4. The van der Waals surface area contributed by atoms with Crippen molar-refractivity contribution in [3.05, 3.63) is 28.4 Å². The van der Waals surface area contributed by atoms with Crippen LogP contribution in [0.5, 0.6) is 0 Å². The summed E-state index contributed by atoms with van der Waals surface area (Å²) in [6, 6.07) is 2.70. The van der Waals surface area contributed by atoms with Gasteiger partial charge in [-0.05, 0) is 70.9 Å². The molecule has 0 radical (unpaired) electrons. The topological polar surface area (TPSA) is 118 Å². The van der Waals surface area contributed by atoms with Gasteiger partial charge in [0, 0.05) is 52.2 Å². The lowest BCUT2D eigenvalue weighted by molar-refractivity contribution is -0.135. The average molecular weight is 573 g/mol. The number of piperazine rings is 1. The van der Waals surface area contributed by atoms with Gasteiger partial charge in [-0.3, -0.25) is 28.9 Å². The lowest BCUT2D eigenvalue weighted by Crippen LogP contribution is -2.49. The fourth-order valence-corrected chi connectivity index (χ4v) is 6.39. The molecule has 2 N–H and O–H groups in total. The van der Waals surface area contributed by atoms with Crippen molar-refractivity contribution in [2.75, 3.05) is 37.6 Å². The molecule has 3 amide bonds. The maximum atomic E-state index is 15.9. The van der Waals surface area contributed by atoms with E-state index in [9.17, 15) is 19.2 Å². The van der Waals surface area contributed by atoms with E-state index in [0.717, 1.165) is 45.3 Å². The third-order valence-corrected chi connectivity index (χ3v) is 8.48. The highest BCUT2D eigenvalue weighted by Gasteiger charge is 2.33. The van der Waals surface area contributed by atoms with Crippen LogP contribution in [-0.4, -0.2) is 76.3 Å². The van der Waals surface area contributed by atoms with Gasteiger partial charge in [0.2, 0.25) is 11.8 Å². The number of alkyl carbamates (subject to hydrolysis) is 1. The van der Waals surface area contributed by atoms with Crippen LogP contribution in [0.4, 0.5) is 14.9 Å². The quantitative estimate of drug-likeness (QED) is 0.529. The van der Waals surface area contributed by atoms with E-state index in [0.29, 0.717) is 30.2 Å². The fraction of sp³-hybridized carbons (Fsp3) is 0.655. The van der Waals surface area contributed by atoms with Gasteiger partial charge in [0.1, 0.15) is 17.2 Å². The van der Waals surface area contributed by atoms with Crippen LogP contribution in [-0.2, 0) is 21.4 Å². The van der Waals surface area contributed by atoms with Crippen molar-refractivity contribution in [1.29, 1.82) is 0 Å². The van der Waals surface area contributed by atoms with Gasteiger partial charge >= 0.3 is 11.8 Å². The van der Waals surface area contributed by atoms with Crippen molar-refractivity contribution in [3.63, 3.8) is 0 Å². The van der Waals surface area contributed by atoms with Crippen LogP contribution in [0.1, 0.15) is 65.3 Å². The van der Waals surface area contributed by atoms with Crippen molar-refractivity contribution in [1.82, 2.24) is 24.7 Å². The number of hydrogen-bond acceptors (Lipinski definition) is 7. The zero-order chi connectivity index (χ0) is 29.5. The molecule has 2 aliphatic heterocycles. The Morgan fingerprint density at radius 2 is 1.73 bits per heavy atom. The second-order valence-electron chi connectivity index (χ2n) is 12.6. The zero-order valence-electron chi connectivity index (χ0n) is 24.4. The van der Waals surface area contributed by atoms with Gasteiger partial charge in [0.15, 0.2) is 5.82 Å². The number of piperidine rings is 1. The number of imidazole rings is 1. The molecule has 224 valence electrons. The number of carbonyl (C=O) groups is 3. The summed E-state index contributed by atoms with van der Waals surface area (Å²) in [5.41, 5.74) is -0.0244. The molecule has 1 aliphatic carbocycles. The molecular weight excluding hydrogens is 531 g/mol. The van der Waals surface area contributed by atoms with Crippen LogP contribution in [0.25, 0.3) is 11.0 Å². The molecule has 1 aromatic carbocycles. The molecule has 0 spiro atoms. The molecule has 5 rings (SSSR count). The molecule has 1 unspecified atom stereocenters. The Morgan fingerprint density at radius 1 is 1.05 bits per heavy atom. The van der Waals surface area contributed by atoms with Gasteiger partial charge in [-0.2, -0.15) is 0 Å². The first-order valence-electron chi connectivity index (χ1n) is 14.6. The van der Waals surface area contributed by atoms with Crippen LogP contribution in [0.2, 0.25) is 0 Å². The van der Waals surface area contributed by atoms with E-state index in [1.165, 1.54) is 16.2 Å². The first-order valence-corrected chi connectivity index (χ1v) is 14.6. The Labute approximate surface area is 239 Å². The molecule has 3 fully saturated rings. The molecule has 0 bridgehead atoms. The summed E-state index contributed by atoms with van der Waals surface area (Å²) in [6.45, 7) is 9.52. The van der Waals surface area contributed by atoms with Crippen molar-refractivity contribution < 1.29 is 23.5 Å². The number of benzene rings is 1. The third-order valence-electron chi connectivity index (χ3n) is 8.48. The Balaban J connectivity index is 1.18. The van der Waals surface area contributed by atoms with E-state index in [4.69, 9.17) is 4.74 Å². The number of aromatic nitrogens is 2.